The summed E-state index contributed by atoms with van der Waals surface area (Å²) < 4.78 is 5.53. The number of carbonyl (C=O) groups excluding carboxylic acids is 2. The van der Waals surface area contributed by atoms with Gasteiger partial charge in [0.2, 0.25) is 0 Å². The molecule has 0 saturated carbocycles. The van der Waals surface area contributed by atoms with Gasteiger partial charge in [0.25, 0.3) is 0 Å². The lowest BCUT2D eigenvalue weighted by molar-refractivity contribution is 0.0115. The van der Waals surface area contributed by atoms with Crippen molar-refractivity contribution < 1.29 is 14.3 Å². The number of nitrogens with zero attached hydrogens (tertiary/aromatic N) is 2. The van der Waals surface area contributed by atoms with Crippen LogP contribution in [-0.4, -0.2) is 66.9 Å². The third kappa shape index (κ3) is 3.61. The van der Waals surface area contributed by atoms with Crippen LogP contribution in [0.4, 0.5) is 5.69 Å². The fourth-order valence-electron chi connectivity index (χ4n) is 6.54. The molecule has 2 aliphatic heterocycles. The number of ether oxygens (including phenoxy) is 1. The molecule has 36 heavy (non-hydrogen) atoms. The average Bonchev–Trinajstić information content (AvgIpc) is 3.27. The summed E-state index contributed by atoms with van der Waals surface area (Å²) in [5.41, 5.74) is 6.76. The molecule has 0 bridgehead atoms. The molecule has 188 valence electrons. The monoisotopic (exact) mass is 485 g/mol. The number of carbonyl (C=O) groups is 2. The van der Waals surface area contributed by atoms with Crippen molar-refractivity contribution in [2.24, 2.45) is 0 Å². The number of fused-ring (bicyclic) bond motifs is 4. The van der Waals surface area contributed by atoms with Crippen molar-refractivity contribution in [2.75, 3.05) is 44.3 Å². The molecule has 6 nitrogen and oxygen atoms in total. The van der Waals surface area contributed by atoms with Gasteiger partial charge in [-0.05, 0) is 56.0 Å². The Labute approximate surface area is 212 Å². The first kappa shape index (κ1) is 23.4. The Morgan fingerprint density at radius 3 is 2.47 bits per heavy atom. The second-order valence-corrected chi connectivity index (χ2v) is 11.2. The minimum atomic E-state index is -0.387. The molecule has 0 atom stereocenters. The van der Waals surface area contributed by atoms with E-state index in [1.807, 2.05) is 12.1 Å². The lowest BCUT2D eigenvalue weighted by atomic mass is 9.70. The first-order chi connectivity index (χ1) is 17.3. The molecule has 1 aliphatic carbocycles. The summed E-state index contributed by atoms with van der Waals surface area (Å²) in [7, 11) is 0. The van der Waals surface area contributed by atoms with Crippen LogP contribution in [0.3, 0.4) is 0 Å². The fourth-order valence-corrected chi connectivity index (χ4v) is 6.54. The molecule has 2 saturated heterocycles. The molecule has 3 aromatic rings. The number of hydrogen-bond donors (Lipinski definition) is 1. The first-order valence-electron chi connectivity index (χ1n) is 13.2. The van der Waals surface area contributed by atoms with Crippen LogP contribution in [0, 0.1) is 6.92 Å². The lowest BCUT2D eigenvalue weighted by Crippen LogP contribution is -2.49. The Morgan fingerprint density at radius 2 is 1.78 bits per heavy atom. The fraction of sp³-hybridized carbons (Fsp3) is 0.467. The number of anilines is 1. The number of rotatable bonds is 3. The maximum absolute atomic E-state index is 13.9. The highest BCUT2D eigenvalue weighted by Crippen LogP contribution is 2.46. The number of aromatic amines is 1. The van der Waals surface area contributed by atoms with Crippen molar-refractivity contribution in [3.8, 4) is 0 Å². The van der Waals surface area contributed by atoms with Crippen molar-refractivity contribution in [3.05, 3.63) is 63.8 Å². The third-order valence-corrected chi connectivity index (χ3v) is 8.61. The van der Waals surface area contributed by atoms with E-state index in [9.17, 15) is 9.59 Å². The Morgan fingerprint density at radius 1 is 1.06 bits per heavy atom. The van der Waals surface area contributed by atoms with E-state index in [2.05, 4.69) is 53.8 Å². The van der Waals surface area contributed by atoms with Gasteiger partial charge in [0.05, 0.1) is 18.8 Å². The number of ketones is 2. The zero-order valence-corrected chi connectivity index (χ0v) is 21.7. The number of hydrogen-bond acceptors (Lipinski definition) is 5. The normalized spacial score (nSPS) is 20.4. The first-order valence-corrected chi connectivity index (χ1v) is 13.2. The maximum Gasteiger partial charge on any atom is 0.195 e. The lowest BCUT2D eigenvalue weighted by Gasteiger charge is -2.42. The number of H-pyrrole nitrogens is 1. The van der Waals surface area contributed by atoms with Gasteiger partial charge in [0.1, 0.15) is 0 Å². The molecule has 0 radical (unpaired) electrons. The van der Waals surface area contributed by atoms with Crippen LogP contribution in [0.15, 0.2) is 30.3 Å². The van der Waals surface area contributed by atoms with Crippen LogP contribution >= 0.6 is 0 Å². The van der Waals surface area contributed by atoms with E-state index in [4.69, 9.17) is 4.74 Å². The van der Waals surface area contributed by atoms with Crippen LogP contribution in [0.2, 0.25) is 0 Å². The second kappa shape index (κ2) is 8.56. The van der Waals surface area contributed by atoms with Crippen LogP contribution < -0.4 is 4.90 Å². The summed E-state index contributed by atoms with van der Waals surface area (Å²) in [4.78, 5) is 35.2. The van der Waals surface area contributed by atoms with E-state index >= 15 is 0 Å². The van der Waals surface area contributed by atoms with Gasteiger partial charge in [0.15, 0.2) is 11.6 Å². The highest BCUT2D eigenvalue weighted by molar-refractivity contribution is 6.21. The number of Topliss-reactive ketones (excluding diaryl/α,β-unsaturated/α-hetero) is 1. The molecule has 3 heterocycles. The largest absolute Gasteiger partial charge is 0.379 e. The number of nitrogens with one attached hydrogen (secondary N) is 1. The molecule has 0 spiro atoms. The molecular formula is C30H35N3O3. The zero-order valence-electron chi connectivity index (χ0n) is 21.7. The smallest absolute Gasteiger partial charge is 0.195 e. The molecular weight excluding hydrogens is 450 g/mol. The van der Waals surface area contributed by atoms with E-state index in [1.165, 1.54) is 0 Å². The van der Waals surface area contributed by atoms with E-state index in [0.717, 1.165) is 91.2 Å². The number of aromatic nitrogens is 1. The molecule has 1 N–H and O–H groups in total. The summed E-state index contributed by atoms with van der Waals surface area (Å²) in [6, 6.07) is 10.8. The predicted octanol–water partition coefficient (Wildman–Crippen LogP) is 4.85. The topological polar surface area (TPSA) is 65.6 Å². The second-order valence-electron chi connectivity index (χ2n) is 11.2. The molecule has 0 amide bonds. The quantitative estimate of drug-likeness (QED) is 0.537. The predicted molar refractivity (Wildman–Crippen MR) is 143 cm³/mol. The average molecular weight is 486 g/mol. The summed E-state index contributed by atoms with van der Waals surface area (Å²) in [5, 5.41) is 0.956. The van der Waals surface area contributed by atoms with Crippen LogP contribution in [0.5, 0.6) is 0 Å². The van der Waals surface area contributed by atoms with Gasteiger partial charge >= 0.3 is 0 Å². The Kier molecular flexibility index (Phi) is 5.58. The van der Waals surface area contributed by atoms with Gasteiger partial charge in [-0.3, -0.25) is 14.5 Å². The van der Waals surface area contributed by atoms with Gasteiger partial charge in [-0.2, -0.15) is 0 Å². The maximum atomic E-state index is 13.9. The minimum absolute atomic E-state index is 0.00839. The van der Waals surface area contributed by atoms with Crippen LogP contribution in [-0.2, 0) is 10.2 Å². The van der Waals surface area contributed by atoms with Crippen molar-refractivity contribution >= 4 is 28.2 Å². The van der Waals surface area contributed by atoms with E-state index < -0.39 is 0 Å². The van der Waals surface area contributed by atoms with E-state index in [-0.39, 0.29) is 17.0 Å². The SMILES string of the molecule is CC(=O)c1cc2c(cc1N1CCC(N3CCOCC3)CC1)C(C)(C)c1[nH]c3cc(C)ccc3c1C2=O. The summed E-state index contributed by atoms with van der Waals surface area (Å²) in [6.07, 6.45) is 2.14. The Hall–Kier alpha value is -2.96. The number of benzene rings is 2. The van der Waals surface area contributed by atoms with Crippen molar-refractivity contribution in [1.82, 2.24) is 9.88 Å². The molecule has 1 aromatic heterocycles. The van der Waals surface area contributed by atoms with Crippen molar-refractivity contribution in [3.63, 3.8) is 0 Å². The summed E-state index contributed by atoms with van der Waals surface area (Å²) in [5.74, 6) is 0.0172. The van der Waals surface area contributed by atoms with E-state index in [0.29, 0.717) is 17.2 Å². The van der Waals surface area contributed by atoms with Gasteiger partial charge in [-0.25, -0.2) is 0 Å². The zero-order chi connectivity index (χ0) is 25.2. The molecule has 3 aliphatic rings. The number of morpholine rings is 1. The third-order valence-electron chi connectivity index (χ3n) is 8.61. The Balaban J connectivity index is 1.40. The van der Waals surface area contributed by atoms with E-state index in [1.54, 1.807) is 6.92 Å². The van der Waals surface area contributed by atoms with Gasteiger partial charge < -0.3 is 14.6 Å². The highest BCUT2D eigenvalue weighted by Gasteiger charge is 2.41. The van der Waals surface area contributed by atoms with Crippen molar-refractivity contribution in [2.45, 2.75) is 52.0 Å². The van der Waals surface area contributed by atoms with Gasteiger partial charge in [-0.15, -0.1) is 0 Å². The minimum Gasteiger partial charge on any atom is -0.379 e. The van der Waals surface area contributed by atoms with Gasteiger partial charge in [-0.1, -0.05) is 26.0 Å². The number of piperidine rings is 1. The standard InChI is InChI=1S/C30H35N3O3/c1-18-5-6-21-25(15-18)31-29-27(21)28(35)23-16-22(19(2)34)26(17-24(23)30(29,3)4)33-9-7-20(8-10-33)32-11-13-36-14-12-32/h5-6,15-17,20,31H,7-14H2,1-4H3. The molecule has 0 unspecified atom stereocenters. The molecule has 2 fully saturated rings. The van der Waals surface area contributed by atoms with Crippen LogP contribution in [0.1, 0.15) is 76.7 Å². The molecule has 2 aromatic carbocycles. The summed E-state index contributed by atoms with van der Waals surface area (Å²) in [6.45, 7) is 13.5. The molecule has 6 rings (SSSR count). The Bertz CT molecular complexity index is 1370. The summed E-state index contributed by atoms with van der Waals surface area (Å²) >= 11 is 0. The highest BCUT2D eigenvalue weighted by atomic mass is 16.5. The van der Waals surface area contributed by atoms with Crippen LogP contribution in [0.25, 0.3) is 10.9 Å². The number of aryl methyl sites for hydroxylation is 1. The van der Waals surface area contributed by atoms with Gasteiger partial charge in [0, 0.05) is 71.0 Å². The molecule has 6 heteroatoms. The van der Waals surface area contributed by atoms with Crippen molar-refractivity contribution in [1.29, 1.82) is 0 Å².